The predicted molar refractivity (Wildman–Crippen MR) is 100 cm³/mol. The van der Waals surface area contributed by atoms with Crippen molar-refractivity contribution >= 4 is 11.8 Å². The number of imidazole rings is 1. The zero-order valence-electron chi connectivity index (χ0n) is 15.6. The quantitative estimate of drug-likeness (QED) is 0.679. The molecule has 3 heterocycles. The maximum atomic E-state index is 12.6. The van der Waals surface area contributed by atoms with Gasteiger partial charge in [-0.3, -0.25) is 9.59 Å². The second-order valence-electron chi connectivity index (χ2n) is 6.86. The Kier molecular flexibility index (Phi) is 4.92. The van der Waals surface area contributed by atoms with Crippen LogP contribution in [0.5, 0.6) is 0 Å². The van der Waals surface area contributed by atoms with Gasteiger partial charge in [-0.15, -0.1) is 0 Å². The van der Waals surface area contributed by atoms with Crippen molar-refractivity contribution in [2.24, 2.45) is 0 Å². The fourth-order valence-electron chi connectivity index (χ4n) is 3.34. The Hall–Kier alpha value is -3.42. The van der Waals surface area contributed by atoms with Crippen molar-refractivity contribution in [1.82, 2.24) is 24.9 Å². The van der Waals surface area contributed by atoms with Gasteiger partial charge in [-0.2, -0.15) is 0 Å². The summed E-state index contributed by atoms with van der Waals surface area (Å²) >= 11 is 0. The van der Waals surface area contributed by atoms with Gasteiger partial charge in [0, 0.05) is 49.2 Å². The summed E-state index contributed by atoms with van der Waals surface area (Å²) in [6.45, 7) is 4.11. The van der Waals surface area contributed by atoms with E-state index in [4.69, 9.17) is 4.52 Å². The van der Waals surface area contributed by atoms with Crippen LogP contribution in [-0.4, -0.2) is 38.0 Å². The Labute approximate surface area is 162 Å². The summed E-state index contributed by atoms with van der Waals surface area (Å²) in [4.78, 5) is 30.8. The van der Waals surface area contributed by atoms with Gasteiger partial charge >= 0.3 is 0 Å². The van der Waals surface area contributed by atoms with E-state index in [2.05, 4.69) is 15.5 Å². The molecule has 4 rings (SSSR count). The molecule has 1 N–H and O–H groups in total. The molecule has 3 aromatic rings. The molecular weight excluding hydrogens is 358 g/mol. The van der Waals surface area contributed by atoms with Crippen molar-refractivity contribution < 1.29 is 14.1 Å². The predicted octanol–water partition coefficient (Wildman–Crippen LogP) is 2.16. The number of hydrogen-bond donors (Lipinski definition) is 1. The van der Waals surface area contributed by atoms with Gasteiger partial charge in [0.1, 0.15) is 11.5 Å². The molecule has 8 heteroatoms. The fourth-order valence-corrected chi connectivity index (χ4v) is 3.34. The zero-order chi connectivity index (χ0) is 19.5. The van der Waals surface area contributed by atoms with Crippen molar-refractivity contribution in [3.63, 3.8) is 0 Å². The SMILES string of the molecule is Cc1cc(CNC(=O)c2ccc3c(c2)CN(CCCn2ccnc2)C3=O)no1. The van der Waals surface area contributed by atoms with Crippen LogP contribution in [-0.2, 0) is 19.6 Å². The highest BCUT2D eigenvalue weighted by Crippen LogP contribution is 2.24. The Morgan fingerprint density at radius 3 is 2.93 bits per heavy atom. The first-order valence-electron chi connectivity index (χ1n) is 9.18. The van der Waals surface area contributed by atoms with Gasteiger partial charge in [0.2, 0.25) is 0 Å². The van der Waals surface area contributed by atoms with Crippen LogP contribution >= 0.6 is 0 Å². The third-order valence-corrected chi connectivity index (χ3v) is 4.76. The standard InChI is InChI=1S/C20H21N5O3/c1-14-9-17(23-28-14)11-22-19(26)15-3-4-18-16(10-15)12-25(20(18)27)7-2-6-24-8-5-21-13-24/h3-5,8-10,13H,2,6-7,11-12H2,1H3,(H,22,26). The first kappa shape index (κ1) is 18.0. The summed E-state index contributed by atoms with van der Waals surface area (Å²) in [7, 11) is 0. The van der Waals surface area contributed by atoms with Crippen LogP contribution in [0.4, 0.5) is 0 Å². The van der Waals surface area contributed by atoms with Crippen molar-refractivity contribution in [3.05, 3.63) is 71.1 Å². The number of aromatic nitrogens is 3. The Bertz CT molecular complexity index is 993. The van der Waals surface area contributed by atoms with Crippen LogP contribution in [0.3, 0.4) is 0 Å². The lowest BCUT2D eigenvalue weighted by atomic mass is 10.1. The van der Waals surface area contributed by atoms with E-state index in [9.17, 15) is 9.59 Å². The van der Waals surface area contributed by atoms with E-state index >= 15 is 0 Å². The highest BCUT2D eigenvalue weighted by Gasteiger charge is 2.27. The van der Waals surface area contributed by atoms with Crippen LogP contribution in [0.2, 0.25) is 0 Å². The number of carbonyl (C=O) groups is 2. The van der Waals surface area contributed by atoms with Crippen LogP contribution in [0.15, 0.2) is 47.5 Å². The molecule has 2 aromatic heterocycles. The molecule has 0 fully saturated rings. The molecule has 1 aliphatic rings. The van der Waals surface area contributed by atoms with Crippen molar-refractivity contribution in [2.75, 3.05) is 6.54 Å². The molecule has 8 nitrogen and oxygen atoms in total. The zero-order valence-corrected chi connectivity index (χ0v) is 15.6. The number of amides is 2. The van der Waals surface area contributed by atoms with Crippen molar-refractivity contribution in [2.45, 2.75) is 33.0 Å². The van der Waals surface area contributed by atoms with Gasteiger partial charge in [-0.05, 0) is 37.1 Å². The smallest absolute Gasteiger partial charge is 0.254 e. The van der Waals surface area contributed by atoms with E-state index in [1.165, 1.54) is 0 Å². The van der Waals surface area contributed by atoms with E-state index < -0.39 is 0 Å². The number of fused-ring (bicyclic) bond motifs is 1. The van der Waals surface area contributed by atoms with Crippen molar-refractivity contribution in [1.29, 1.82) is 0 Å². The van der Waals surface area contributed by atoms with Gasteiger partial charge in [-0.25, -0.2) is 4.98 Å². The molecule has 0 saturated heterocycles. The average molecular weight is 379 g/mol. The Morgan fingerprint density at radius 1 is 1.29 bits per heavy atom. The van der Waals surface area contributed by atoms with E-state index in [0.717, 1.165) is 18.5 Å². The molecule has 0 bridgehead atoms. The van der Waals surface area contributed by atoms with Gasteiger partial charge in [0.15, 0.2) is 0 Å². The minimum atomic E-state index is -0.200. The van der Waals surface area contributed by atoms with Crippen LogP contribution in [0.1, 0.15) is 44.2 Å². The monoisotopic (exact) mass is 379 g/mol. The summed E-state index contributed by atoms with van der Waals surface area (Å²) in [5.41, 5.74) is 2.77. The average Bonchev–Trinajstić information content (AvgIpc) is 3.42. The molecule has 0 atom stereocenters. The third kappa shape index (κ3) is 3.80. The second-order valence-corrected chi connectivity index (χ2v) is 6.86. The number of nitrogens with one attached hydrogen (secondary N) is 1. The van der Waals surface area contributed by atoms with E-state index in [0.29, 0.717) is 42.2 Å². The molecule has 1 aromatic carbocycles. The van der Waals surface area contributed by atoms with Crippen LogP contribution in [0, 0.1) is 6.92 Å². The van der Waals surface area contributed by atoms with Gasteiger partial charge in [0.05, 0.1) is 12.9 Å². The number of aryl methyl sites for hydroxylation is 2. The van der Waals surface area contributed by atoms with Crippen LogP contribution in [0.25, 0.3) is 0 Å². The first-order chi connectivity index (χ1) is 13.6. The molecule has 28 heavy (non-hydrogen) atoms. The molecule has 0 spiro atoms. The Balaban J connectivity index is 1.35. The molecule has 0 radical (unpaired) electrons. The van der Waals surface area contributed by atoms with Gasteiger partial charge in [0.25, 0.3) is 11.8 Å². The third-order valence-electron chi connectivity index (χ3n) is 4.76. The highest BCUT2D eigenvalue weighted by molar-refractivity contribution is 6.01. The lowest BCUT2D eigenvalue weighted by Crippen LogP contribution is -2.25. The summed E-state index contributed by atoms with van der Waals surface area (Å²) in [6, 6.07) is 7.01. The summed E-state index contributed by atoms with van der Waals surface area (Å²) in [5.74, 6) is 0.522. The highest BCUT2D eigenvalue weighted by atomic mass is 16.5. The lowest BCUT2D eigenvalue weighted by molar-refractivity contribution is 0.0774. The summed E-state index contributed by atoms with van der Waals surface area (Å²) < 4.78 is 6.99. The number of rotatable bonds is 7. The first-order valence-corrected chi connectivity index (χ1v) is 9.18. The van der Waals surface area contributed by atoms with Gasteiger partial charge < -0.3 is 19.3 Å². The normalized spacial score (nSPS) is 13.0. The Morgan fingerprint density at radius 2 is 2.18 bits per heavy atom. The molecule has 144 valence electrons. The molecular formula is C20H21N5O3. The second kappa shape index (κ2) is 7.67. The number of nitrogens with zero attached hydrogens (tertiary/aromatic N) is 4. The summed E-state index contributed by atoms with van der Waals surface area (Å²) in [5, 5.41) is 6.68. The topological polar surface area (TPSA) is 93.3 Å². The minimum absolute atomic E-state index is 0.0191. The molecule has 0 aliphatic carbocycles. The molecule has 2 amide bonds. The van der Waals surface area contributed by atoms with Gasteiger partial charge in [-0.1, -0.05) is 5.16 Å². The largest absolute Gasteiger partial charge is 0.361 e. The van der Waals surface area contributed by atoms with E-state index in [1.54, 1.807) is 43.7 Å². The fraction of sp³-hybridized carbons (Fsp3) is 0.300. The number of hydrogen-bond acceptors (Lipinski definition) is 5. The molecule has 0 saturated carbocycles. The minimum Gasteiger partial charge on any atom is -0.361 e. The van der Waals surface area contributed by atoms with E-state index in [1.807, 2.05) is 15.7 Å². The van der Waals surface area contributed by atoms with Crippen LogP contribution < -0.4 is 5.32 Å². The molecule has 1 aliphatic heterocycles. The lowest BCUT2D eigenvalue weighted by Gasteiger charge is -2.15. The number of carbonyl (C=O) groups excluding carboxylic acids is 2. The number of benzene rings is 1. The van der Waals surface area contributed by atoms with Crippen molar-refractivity contribution in [3.8, 4) is 0 Å². The molecule has 0 unspecified atom stereocenters. The van der Waals surface area contributed by atoms with E-state index in [-0.39, 0.29) is 11.8 Å². The maximum absolute atomic E-state index is 12.6. The summed E-state index contributed by atoms with van der Waals surface area (Å²) in [6.07, 6.45) is 6.27. The maximum Gasteiger partial charge on any atom is 0.254 e.